The lowest BCUT2D eigenvalue weighted by Crippen LogP contribution is -2.16. The standard InChI is InChI=1S/C26H22FNO5/c1-15-8-9-17(12-19(15)27)25(30)26-24(18-6-4-5-7-21(18)33-26)28-14-20(29)16-10-11-22(31-2)23(13-16)32-3/h4-13,28H,14H2,1-3H3. The Morgan fingerprint density at radius 2 is 1.67 bits per heavy atom. The van der Waals surface area contributed by atoms with Crippen molar-refractivity contribution in [1.82, 2.24) is 0 Å². The lowest BCUT2D eigenvalue weighted by molar-refractivity contribution is 0.0997. The van der Waals surface area contributed by atoms with E-state index in [1.165, 1.54) is 20.3 Å². The minimum atomic E-state index is -0.480. The molecule has 4 rings (SSSR count). The first-order chi connectivity index (χ1) is 15.9. The first kappa shape index (κ1) is 22.1. The Hall–Kier alpha value is -4.13. The molecular formula is C26H22FNO5. The summed E-state index contributed by atoms with van der Waals surface area (Å²) >= 11 is 0. The number of rotatable bonds is 8. The third kappa shape index (κ3) is 4.30. The van der Waals surface area contributed by atoms with Gasteiger partial charge in [0, 0.05) is 16.5 Å². The Labute approximate surface area is 189 Å². The van der Waals surface area contributed by atoms with Gasteiger partial charge in [-0.15, -0.1) is 0 Å². The summed E-state index contributed by atoms with van der Waals surface area (Å²) in [6, 6.07) is 16.3. The predicted molar refractivity (Wildman–Crippen MR) is 123 cm³/mol. The van der Waals surface area contributed by atoms with Crippen molar-refractivity contribution in [2.45, 2.75) is 6.92 Å². The van der Waals surface area contributed by atoms with Gasteiger partial charge in [0.1, 0.15) is 11.4 Å². The number of methoxy groups -OCH3 is 2. The second-order valence-electron chi connectivity index (χ2n) is 7.44. The summed E-state index contributed by atoms with van der Waals surface area (Å²) < 4.78 is 30.3. The average Bonchev–Trinajstić information content (AvgIpc) is 3.21. The third-order valence-corrected chi connectivity index (χ3v) is 5.37. The van der Waals surface area contributed by atoms with Gasteiger partial charge in [-0.3, -0.25) is 9.59 Å². The number of hydrogen-bond donors (Lipinski definition) is 1. The lowest BCUT2D eigenvalue weighted by atomic mass is 10.0. The molecule has 1 aromatic heterocycles. The highest BCUT2D eigenvalue weighted by molar-refractivity contribution is 6.15. The van der Waals surface area contributed by atoms with Crippen molar-refractivity contribution >= 4 is 28.2 Å². The number of hydrogen-bond acceptors (Lipinski definition) is 6. The van der Waals surface area contributed by atoms with Crippen LogP contribution in [0, 0.1) is 12.7 Å². The molecule has 33 heavy (non-hydrogen) atoms. The molecular weight excluding hydrogens is 425 g/mol. The summed E-state index contributed by atoms with van der Waals surface area (Å²) in [4.78, 5) is 26.0. The maximum Gasteiger partial charge on any atom is 0.230 e. The predicted octanol–water partition coefficient (Wildman–Crippen LogP) is 5.42. The van der Waals surface area contributed by atoms with Crippen LogP contribution in [0.2, 0.25) is 0 Å². The van der Waals surface area contributed by atoms with Gasteiger partial charge in [0.05, 0.1) is 26.5 Å². The quantitative estimate of drug-likeness (QED) is 0.363. The minimum absolute atomic E-state index is 0.0135. The number of Topliss-reactive ketones (excluding diaryl/α,β-unsaturated/α-hetero) is 1. The molecule has 4 aromatic rings. The molecule has 0 saturated heterocycles. The van der Waals surface area contributed by atoms with Crippen LogP contribution >= 0.6 is 0 Å². The number of anilines is 1. The maximum atomic E-state index is 14.1. The summed E-state index contributed by atoms with van der Waals surface area (Å²) in [7, 11) is 3.01. The SMILES string of the molecule is COc1ccc(C(=O)CNc2c(C(=O)c3ccc(C)c(F)c3)oc3ccccc23)cc1OC. The highest BCUT2D eigenvalue weighted by atomic mass is 19.1. The van der Waals surface area contributed by atoms with E-state index in [2.05, 4.69) is 5.32 Å². The monoisotopic (exact) mass is 447 g/mol. The van der Waals surface area contributed by atoms with E-state index in [1.54, 1.807) is 61.5 Å². The zero-order chi connectivity index (χ0) is 23.5. The molecule has 0 spiro atoms. The van der Waals surface area contributed by atoms with Crippen molar-refractivity contribution in [1.29, 1.82) is 0 Å². The van der Waals surface area contributed by atoms with Crippen molar-refractivity contribution in [2.24, 2.45) is 0 Å². The van der Waals surface area contributed by atoms with Crippen LogP contribution in [0.5, 0.6) is 11.5 Å². The van der Waals surface area contributed by atoms with E-state index in [0.717, 1.165) is 0 Å². The normalized spacial score (nSPS) is 10.8. The number of ketones is 2. The van der Waals surface area contributed by atoms with E-state index in [9.17, 15) is 14.0 Å². The van der Waals surface area contributed by atoms with Gasteiger partial charge in [0.2, 0.25) is 5.78 Å². The van der Waals surface area contributed by atoms with Crippen LogP contribution in [-0.2, 0) is 0 Å². The summed E-state index contributed by atoms with van der Waals surface area (Å²) in [5.41, 5.74) is 1.88. The fourth-order valence-corrected chi connectivity index (χ4v) is 3.53. The van der Waals surface area contributed by atoms with E-state index in [0.29, 0.717) is 39.3 Å². The number of nitrogens with one attached hydrogen (secondary N) is 1. The molecule has 1 N–H and O–H groups in total. The van der Waals surface area contributed by atoms with E-state index in [1.807, 2.05) is 0 Å². The number of para-hydroxylation sites is 1. The van der Waals surface area contributed by atoms with Crippen molar-refractivity contribution in [3.05, 3.63) is 88.9 Å². The summed E-state index contributed by atoms with van der Waals surface area (Å²) in [6.07, 6.45) is 0. The second-order valence-corrected chi connectivity index (χ2v) is 7.44. The fraction of sp³-hybridized carbons (Fsp3) is 0.154. The van der Waals surface area contributed by atoms with Crippen molar-refractivity contribution in [3.8, 4) is 11.5 Å². The highest BCUT2D eigenvalue weighted by Gasteiger charge is 2.23. The molecule has 7 heteroatoms. The molecule has 0 fully saturated rings. The van der Waals surface area contributed by atoms with Gasteiger partial charge in [-0.25, -0.2) is 4.39 Å². The zero-order valence-electron chi connectivity index (χ0n) is 18.4. The highest BCUT2D eigenvalue weighted by Crippen LogP contribution is 2.33. The largest absolute Gasteiger partial charge is 0.493 e. The average molecular weight is 447 g/mol. The molecule has 0 aliphatic rings. The Morgan fingerprint density at radius 1 is 0.939 bits per heavy atom. The number of benzene rings is 3. The number of halogens is 1. The number of carbonyl (C=O) groups excluding carboxylic acids is 2. The van der Waals surface area contributed by atoms with Gasteiger partial charge >= 0.3 is 0 Å². The van der Waals surface area contributed by atoms with Gasteiger partial charge in [0.25, 0.3) is 0 Å². The van der Waals surface area contributed by atoms with Crippen LogP contribution in [0.1, 0.15) is 32.0 Å². The molecule has 0 aliphatic carbocycles. The first-order valence-corrected chi connectivity index (χ1v) is 10.2. The Bertz CT molecular complexity index is 1360. The van der Waals surface area contributed by atoms with Crippen LogP contribution < -0.4 is 14.8 Å². The van der Waals surface area contributed by atoms with Crippen molar-refractivity contribution in [3.63, 3.8) is 0 Å². The smallest absolute Gasteiger partial charge is 0.230 e. The molecule has 0 radical (unpaired) electrons. The summed E-state index contributed by atoms with van der Waals surface area (Å²) in [5, 5.41) is 3.69. The molecule has 0 amide bonds. The molecule has 0 bridgehead atoms. The molecule has 6 nitrogen and oxygen atoms in total. The van der Waals surface area contributed by atoms with Crippen LogP contribution in [0.15, 0.2) is 65.1 Å². The van der Waals surface area contributed by atoms with E-state index in [4.69, 9.17) is 13.9 Å². The molecule has 0 aliphatic heterocycles. The number of fused-ring (bicyclic) bond motifs is 1. The van der Waals surface area contributed by atoms with Crippen LogP contribution in [0.3, 0.4) is 0 Å². The van der Waals surface area contributed by atoms with Gasteiger partial charge in [0.15, 0.2) is 23.0 Å². The Balaban J connectivity index is 1.65. The molecule has 3 aromatic carbocycles. The van der Waals surface area contributed by atoms with Gasteiger partial charge in [-0.1, -0.05) is 24.3 Å². The molecule has 0 saturated carbocycles. The minimum Gasteiger partial charge on any atom is -0.493 e. The maximum absolute atomic E-state index is 14.1. The first-order valence-electron chi connectivity index (χ1n) is 10.2. The van der Waals surface area contributed by atoms with E-state index in [-0.39, 0.29) is 23.7 Å². The lowest BCUT2D eigenvalue weighted by Gasteiger charge is -2.10. The topological polar surface area (TPSA) is 77.8 Å². The summed E-state index contributed by atoms with van der Waals surface area (Å²) in [5.74, 6) is -0.211. The van der Waals surface area contributed by atoms with Crippen LogP contribution in [-0.4, -0.2) is 32.3 Å². The fourth-order valence-electron chi connectivity index (χ4n) is 3.53. The van der Waals surface area contributed by atoms with E-state index >= 15 is 0 Å². The third-order valence-electron chi connectivity index (χ3n) is 5.37. The van der Waals surface area contributed by atoms with Crippen LogP contribution in [0.25, 0.3) is 11.0 Å². The molecule has 0 unspecified atom stereocenters. The molecule has 168 valence electrons. The number of aryl methyl sites for hydroxylation is 1. The van der Waals surface area contributed by atoms with Crippen molar-refractivity contribution in [2.75, 3.05) is 26.1 Å². The van der Waals surface area contributed by atoms with Crippen LogP contribution in [0.4, 0.5) is 10.1 Å². The summed E-state index contributed by atoms with van der Waals surface area (Å²) in [6.45, 7) is 1.53. The van der Waals surface area contributed by atoms with Gasteiger partial charge in [-0.2, -0.15) is 0 Å². The Kier molecular flexibility index (Phi) is 6.13. The van der Waals surface area contributed by atoms with Gasteiger partial charge in [-0.05, 0) is 48.9 Å². The Morgan fingerprint density at radius 3 is 2.39 bits per heavy atom. The number of furan rings is 1. The van der Waals surface area contributed by atoms with Crippen molar-refractivity contribution < 1.29 is 27.9 Å². The number of ether oxygens (including phenoxy) is 2. The second kappa shape index (κ2) is 9.16. The molecule has 1 heterocycles. The zero-order valence-corrected chi connectivity index (χ0v) is 18.4. The molecule has 0 atom stereocenters. The number of carbonyl (C=O) groups is 2. The van der Waals surface area contributed by atoms with E-state index < -0.39 is 11.6 Å². The van der Waals surface area contributed by atoms with Gasteiger partial charge < -0.3 is 19.2 Å².